The average molecular weight is 344 g/mol. The molecule has 0 aliphatic rings. The molecule has 0 saturated carbocycles. The number of nitro groups is 1. The molecule has 100 valence electrons. The van der Waals surface area contributed by atoms with E-state index in [0.29, 0.717) is 17.5 Å². The number of hydrogen-bond donors (Lipinski definition) is 0. The highest BCUT2D eigenvalue weighted by molar-refractivity contribution is 9.10. The van der Waals surface area contributed by atoms with Gasteiger partial charge >= 0.3 is 5.69 Å². The fourth-order valence-electron chi connectivity index (χ4n) is 1.46. The van der Waals surface area contributed by atoms with Crippen molar-refractivity contribution in [1.82, 2.24) is 9.97 Å². The molecule has 19 heavy (non-hydrogen) atoms. The van der Waals surface area contributed by atoms with Crippen LogP contribution in [-0.2, 0) is 6.42 Å². The molecule has 0 aliphatic carbocycles. The first-order chi connectivity index (χ1) is 9.08. The Bertz CT molecular complexity index is 603. The Morgan fingerprint density at radius 1 is 1.53 bits per heavy atom. The maximum atomic E-state index is 10.9. The zero-order valence-corrected chi connectivity index (χ0v) is 12.4. The van der Waals surface area contributed by atoms with Crippen LogP contribution in [0, 0.1) is 17.0 Å². The molecule has 0 spiro atoms. The average Bonchev–Trinajstić information content (AvgIpc) is 2.77. The second-order valence-electron chi connectivity index (χ2n) is 3.69. The smallest absolute Gasteiger partial charge is 0.332 e. The lowest BCUT2D eigenvalue weighted by Gasteiger charge is -2.05. The van der Waals surface area contributed by atoms with Crippen molar-refractivity contribution in [1.29, 1.82) is 0 Å². The summed E-state index contributed by atoms with van der Waals surface area (Å²) in [5, 5.41) is 10.9. The molecule has 0 atom stereocenters. The minimum absolute atomic E-state index is 0.0374. The zero-order chi connectivity index (χ0) is 13.8. The molecule has 2 rings (SSSR count). The third kappa shape index (κ3) is 3.48. The fraction of sp³-hybridized carbons (Fsp3) is 0.273. The Balaban J connectivity index is 2.03. The highest BCUT2D eigenvalue weighted by Crippen LogP contribution is 2.27. The summed E-state index contributed by atoms with van der Waals surface area (Å²) in [5.41, 5.74) is 2.59. The van der Waals surface area contributed by atoms with Crippen LogP contribution in [0.4, 0.5) is 5.69 Å². The number of nitrogens with zero attached hydrogens (tertiary/aromatic N) is 3. The van der Waals surface area contributed by atoms with Gasteiger partial charge in [0.05, 0.1) is 22.7 Å². The second kappa shape index (κ2) is 6.07. The van der Waals surface area contributed by atoms with Gasteiger partial charge in [0, 0.05) is 28.0 Å². The van der Waals surface area contributed by atoms with Gasteiger partial charge in [-0.15, -0.1) is 11.3 Å². The number of halogens is 1. The van der Waals surface area contributed by atoms with Crippen LogP contribution in [0.1, 0.15) is 10.6 Å². The van der Waals surface area contributed by atoms with Crippen LogP contribution < -0.4 is 4.74 Å². The number of hydrogen-bond acceptors (Lipinski definition) is 6. The van der Waals surface area contributed by atoms with E-state index in [1.807, 2.05) is 6.92 Å². The van der Waals surface area contributed by atoms with E-state index in [2.05, 4.69) is 25.9 Å². The summed E-state index contributed by atoms with van der Waals surface area (Å²) in [6.45, 7) is 2.25. The Labute approximate surface area is 121 Å². The van der Waals surface area contributed by atoms with Crippen molar-refractivity contribution in [2.45, 2.75) is 13.3 Å². The van der Waals surface area contributed by atoms with E-state index in [1.54, 1.807) is 16.8 Å². The molecule has 0 radical (unpaired) electrons. The van der Waals surface area contributed by atoms with Gasteiger partial charge in [0.2, 0.25) is 0 Å². The summed E-state index contributed by atoms with van der Waals surface area (Å²) in [7, 11) is 0. The van der Waals surface area contributed by atoms with Crippen molar-refractivity contribution in [2.75, 3.05) is 6.61 Å². The molecule has 0 N–H and O–H groups in total. The number of aromatic nitrogens is 2. The maximum absolute atomic E-state index is 10.9. The van der Waals surface area contributed by atoms with Crippen molar-refractivity contribution in [3.63, 3.8) is 0 Å². The molecular formula is C11H10BrN3O3S. The Morgan fingerprint density at radius 2 is 2.32 bits per heavy atom. The van der Waals surface area contributed by atoms with Crippen molar-refractivity contribution in [3.05, 3.63) is 42.9 Å². The first kappa shape index (κ1) is 13.9. The lowest BCUT2D eigenvalue weighted by molar-refractivity contribution is -0.386. The van der Waals surface area contributed by atoms with Crippen molar-refractivity contribution < 1.29 is 9.66 Å². The van der Waals surface area contributed by atoms with Gasteiger partial charge in [0.15, 0.2) is 0 Å². The lowest BCUT2D eigenvalue weighted by Crippen LogP contribution is -2.05. The topological polar surface area (TPSA) is 78.2 Å². The summed E-state index contributed by atoms with van der Waals surface area (Å²) in [6, 6.07) is 1.38. The molecule has 6 nitrogen and oxygen atoms in total. The third-order valence-corrected chi connectivity index (χ3v) is 3.84. The highest BCUT2D eigenvalue weighted by atomic mass is 79.9. The molecule has 0 fully saturated rings. The van der Waals surface area contributed by atoms with E-state index in [0.717, 1.165) is 10.6 Å². The van der Waals surface area contributed by atoms with Gasteiger partial charge in [-0.3, -0.25) is 10.1 Å². The normalized spacial score (nSPS) is 10.4. The summed E-state index contributed by atoms with van der Waals surface area (Å²) in [5.74, 6) is 0.0374. The number of pyridine rings is 1. The number of thiazole rings is 1. The number of aryl methyl sites for hydroxylation is 1. The Morgan fingerprint density at radius 3 is 2.95 bits per heavy atom. The van der Waals surface area contributed by atoms with Gasteiger partial charge in [-0.1, -0.05) is 0 Å². The fourth-order valence-corrected chi connectivity index (χ4v) is 2.55. The molecule has 0 saturated heterocycles. The summed E-state index contributed by atoms with van der Waals surface area (Å²) in [4.78, 5) is 19.5. The van der Waals surface area contributed by atoms with Crippen molar-refractivity contribution in [3.8, 4) is 5.88 Å². The van der Waals surface area contributed by atoms with E-state index >= 15 is 0 Å². The molecule has 2 heterocycles. The number of rotatable bonds is 5. The van der Waals surface area contributed by atoms with Gasteiger partial charge in [-0.05, 0) is 22.9 Å². The van der Waals surface area contributed by atoms with E-state index in [9.17, 15) is 10.1 Å². The van der Waals surface area contributed by atoms with Gasteiger partial charge in [0.1, 0.15) is 0 Å². The molecule has 8 heteroatoms. The number of ether oxygens (including phenoxy) is 1. The van der Waals surface area contributed by atoms with Crippen LogP contribution >= 0.6 is 27.3 Å². The predicted molar refractivity (Wildman–Crippen MR) is 74.6 cm³/mol. The largest absolute Gasteiger partial charge is 0.472 e. The maximum Gasteiger partial charge on any atom is 0.332 e. The van der Waals surface area contributed by atoms with Crippen LogP contribution in [0.5, 0.6) is 5.88 Å². The standard InChI is InChI=1S/C11H10BrN3O3S/c1-7-10(19-6-14-7)2-3-18-11-9(15(16)17)4-8(12)5-13-11/h4-6H,2-3H2,1H3. The quantitative estimate of drug-likeness (QED) is 0.615. The van der Waals surface area contributed by atoms with Crippen molar-refractivity contribution in [2.24, 2.45) is 0 Å². The molecule has 0 aromatic carbocycles. The van der Waals surface area contributed by atoms with Gasteiger partial charge in [-0.2, -0.15) is 0 Å². The zero-order valence-electron chi connectivity index (χ0n) is 10.00. The monoisotopic (exact) mass is 343 g/mol. The molecule has 0 amide bonds. The summed E-state index contributed by atoms with van der Waals surface area (Å²) >= 11 is 4.69. The first-order valence-electron chi connectivity index (χ1n) is 5.39. The van der Waals surface area contributed by atoms with Crippen LogP contribution in [-0.4, -0.2) is 21.5 Å². The van der Waals surface area contributed by atoms with Gasteiger partial charge < -0.3 is 4.74 Å². The Kier molecular flexibility index (Phi) is 4.43. The molecule has 2 aromatic rings. The molecule has 0 bridgehead atoms. The van der Waals surface area contributed by atoms with Crippen molar-refractivity contribution >= 4 is 33.0 Å². The lowest BCUT2D eigenvalue weighted by atomic mass is 10.3. The SMILES string of the molecule is Cc1ncsc1CCOc1ncc(Br)cc1[N+](=O)[O-]. The summed E-state index contributed by atoms with van der Waals surface area (Å²) in [6.07, 6.45) is 2.13. The molecule has 2 aromatic heterocycles. The Hall–Kier alpha value is -1.54. The minimum Gasteiger partial charge on any atom is -0.472 e. The van der Waals surface area contributed by atoms with Crippen LogP contribution in [0.2, 0.25) is 0 Å². The third-order valence-electron chi connectivity index (χ3n) is 2.41. The van der Waals surface area contributed by atoms with Crippen LogP contribution in [0.3, 0.4) is 0 Å². The highest BCUT2D eigenvalue weighted by Gasteiger charge is 2.17. The molecule has 0 unspecified atom stereocenters. The van der Waals surface area contributed by atoms with E-state index in [-0.39, 0.29) is 11.6 Å². The first-order valence-corrected chi connectivity index (χ1v) is 7.07. The summed E-state index contributed by atoms with van der Waals surface area (Å²) < 4.78 is 5.93. The van der Waals surface area contributed by atoms with E-state index in [1.165, 1.54) is 12.3 Å². The second-order valence-corrected chi connectivity index (χ2v) is 5.55. The van der Waals surface area contributed by atoms with Crippen LogP contribution in [0.15, 0.2) is 22.2 Å². The predicted octanol–water partition coefficient (Wildman–Crippen LogP) is 3.14. The van der Waals surface area contributed by atoms with Gasteiger partial charge in [-0.25, -0.2) is 9.97 Å². The van der Waals surface area contributed by atoms with E-state index in [4.69, 9.17) is 4.74 Å². The van der Waals surface area contributed by atoms with Crippen LogP contribution in [0.25, 0.3) is 0 Å². The molecule has 0 aliphatic heterocycles. The molecular weight excluding hydrogens is 334 g/mol. The van der Waals surface area contributed by atoms with E-state index < -0.39 is 4.92 Å². The van der Waals surface area contributed by atoms with Gasteiger partial charge in [0.25, 0.3) is 5.88 Å². The minimum atomic E-state index is -0.509.